The number of thiocarbonyl (C=S) groups is 1. The topological polar surface area (TPSA) is 72.2 Å². The zero-order chi connectivity index (χ0) is 14.5. The van der Waals surface area contributed by atoms with Crippen LogP contribution in [0.2, 0.25) is 0 Å². The van der Waals surface area contributed by atoms with Gasteiger partial charge in [-0.3, -0.25) is 0 Å². The molecular formula is C12H18N2O2S3. The van der Waals surface area contributed by atoms with E-state index in [4.69, 9.17) is 18.0 Å². The molecule has 0 aliphatic heterocycles. The van der Waals surface area contributed by atoms with Crippen molar-refractivity contribution in [3.8, 4) is 0 Å². The van der Waals surface area contributed by atoms with E-state index in [1.54, 1.807) is 36.0 Å². The fourth-order valence-electron chi connectivity index (χ4n) is 1.47. The second-order valence-electron chi connectivity index (χ2n) is 4.18. The van der Waals surface area contributed by atoms with E-state index in [1.165, 1.54) is 0 Å². The number of hydrogen-bond acceptors (Lipinski definition) is 4. The molecule has 1 unspecified atom stereocenters. The van der Waals surface area contributed by atoms with Crippen LogP contribution in [-0.4, -0.2) is 31.5 Å². The second kappa shape index (κ2) is 7.23. The zero-order valence-electron chi connectivity index (χ0n) is 10.9. The maximum Gasteiger partial charge on any atom is 0.215 e. The van der Waals surface area contributed by atoms with Crippen molar-refractivity contribution in [3.63, 3.8) is 0 Å². The average Bonchev–Trinajstić information content (AvgIpc) is 2.36. The third-order valence-electron chi connectivity index (χ3n) is 2.62. The Morgan fingerprint density at radius 2 is 2.11 bits per heavy atom. The predicted octanol–water partition coefficient (Wildman–Crippen LogP) is 1.49. The summed E-state index contributed by atoms with van der Waals surface area (Å²) in [6.07, 6.45) is 1.95. The normalized spacial score (nSPS) is 13.2. The smallest absolute Gasteiger partial charge is 0.215 e. The van der Waals surface area contributed by atoms with Crippen molar-refractivity contribution in [2.45, 2.75) is 17.9 Å². The molecule has 0 bridgehead atoms. The van der Waals surface area contributed by atoms with Crippen LogP contribution in [0, 0.1) is 0 Å². The van der Waals surface area contributed by atoms with Gasteiger partial charge >= 0.3 is 0 Å². The van der Waals surface area contributed by atoms with Crippen molar-refractivity contribution >= 4 is 39.0 Å². The van der Waals surface area contributed by atoms with E-state index in [1.807, 2.05) is 13.2 Å². The Bertz CT molecular complexity index is 544. The Labute approximate surface area is 124 Å². The van der Waals surface area contributed by atoms with Crippen LogP contribution >= 0.6 is 24.0 Å². The molecule has 7 heteroatoms. The van der Waals surface area contributed by atoms with Gasteiger partial charge in [-0.25, -0.2) is 13.1 Å². The van der Waals surface area contributed by atoms with E-state index in [0.29, 0.717) is 17.7 Å². The van der Waals surface area contributed by atoms with Crippen molar-refractivity contribution in [1.82, 2.24) is 4.72 Å². The highest BCUT2D eigenvalue weighted by Gasteiger charge is 2.15. The molecule has 0 saturated carbocycles. The van der Waals surface area contributed by atoms with E-state index in [9.17, 15) is 8.42 Å². The van der Waals surface area contributed by atoms with Gasteiger partial charge in [-0.2, -0.15) is 11.8 Å². The summed E-state index contributed by atoms with van der Waals surface area (Å²) >= 11 is 6.53. The standard InChI is InChI=1S/C12H18N2O2S3/c1-9(18-2)7-14-19(15,16)8-10-5-3-4-6-11(10)12(13)17/h3-6,9,14H,7-8H2,1-2H3,(H2,13,17). The Morgan fingerprint density at radius 1 is 1.47 bits per heavy atom. The van der Waals surface area contributed by atoms with Crippen LogP contribution in [0.15, 0.2) is 24.3 Å². The number of benzene rings is 1. The van der Waals surface area contributed by atoms with Crippen molar-refractivity contribution < 1.29 is 8.42 Å². The number of nitrogens with one attached hydrogen (secondary N) is 1. The third kappa shape index (κ3) is 5.48. The monoisotopic (exact) mass is 318 g/mol. The highest BCUT2D eigenvalue weighted by molar-refractivity contribution is 7.99. The predicted molar refractivity (Wildman–Crippen MR) is 85.9 cm³/mol. The summed E-state index contributed by atoms with van der Waals surface area (Å²) in [5, 5.41) is 0.237. The average molecular weight is 318 g/mol. The van der Waals surface area contributed by atoms with Gasteiger partial charge in [0.15, 0.2) is 0 Å². The minimum absolute atomic E-state index is 0.110. The quantitative estimate of drug-likeness (QED) is 0.745. The summed E-state index contributed by atoms with van der Waals surface area (Å²) in [5.41, 5.74) is 6.83. The van der Waals surface area contributed by atoms with Crippen LogP contribution in [0.25, 0.3) is 0 Å². The SMILES string of the molecule is CSC(C)CNS(=O)(=O)Cc1ccccc1C(N)=S. The molecule has 1 aromatic rings. The van der Waals surface area contributed by atoms with Crippen LogP contribution in [-0.2, 0) is 15.8 Å². The van der Waals surface area contributed by atoms with Gasteiger partial charge in [0, 0.05) is 17.4 Å². The zero-order valence-corrected chi connectivity index (χ0v) is 13.4. The molecule has 0 radical (unpaired) electrons. The molecule has 3 N–H and O–H groups in total. The fraction of sp³-hybridized carbons (Fsp3) is 0.417. The second-order valence-corrected chi connectivity index (χ2v) is 7.70. The maximum atomic E-state index is 12.0. The van der Waals surface area contributed by atoms with Crippen molar-refractivity contribution in [2.24, 2.45) is 5.73 Å². The highest BCUT2D eigenvalue weighted by atomic mass is 32.2. The minimum atomic E-state index is -3.37. The van der Waals surface area contributed by atoms with Crippen LogP contribution in [0.3, 0.4) is 0 Å². The first-order valence-corrected chi connectivity index (χ1v) is 9.08. The number of rotatable bonds is 7. The number of hydrogen-bond donors (Lipinski definition) is 2. The third-order valence-corrected chi connectivity index (χ3v) is 5.11. The number of thioether (sulfide) groups is 1. The van der Waals surface area contributed by atoms with E-state index >= 15 is 0 Å². The molecule has 0 saturated heterocycles. The van der Waals surface area contributed by atoms with Gasteiger partial charge in [0.2, 0.25) is 10.0 Å². The molecule has 1 aromatic carbocycles. The lowest BCUT2D eigenvalue weighted by Gasteiger charge is -2.12. The lowest BCUT2D eigenvalue weighted by atomic mass is 10.1. The molecule has 0 amide bonds. The molecule has 0 heterocycles. The maximum absolute atomic E-state index is 12.0. The van der Waals surface area contributed by atoms with Crippen molar-refractivity contribution in [3.05, 3.63) is 35.4 Å². The molecular weight excluding hydrogens is 300 g/mol. The molecule has 1 rings (SSSR count). The van der Waals surface area contributed by atoms with Crippen LogP contribution < -0.4 is 10.5 Å². The lowest BCUT2D eigenvalue weighted by Crippen LogP contribution is -2.31. The minimum Gasteiger partial charge on any atom is -0.389 e. The first-order valence-electron chi connectivity index (χ1n) is 5.73. The van der Waals surface area contributed by atoms with Crippen molar-refractivity contribution in [2.75, 3.05) is 12.8 Å². The van der Waals surface area contributed by atoms with Gasteiger partial charge in [-0.1, -0.05) is 43.4 Å². The fourth-order valence-corrected chi connectivity index (χ4v) is 3.29. The molecule has 4 nitrogen and oxygen atoms in total. The van der Waals surface area contributed by atoms with Gasteiger partial charge in [0.1, 0.15) is 4.99 Å². The summed E-state index contributed by atoms with van der Waals surface area (Å²) < 4.78 is 26.6. The summed E-state index contributed by atoms with van der Waals surface area (Å²) in [5.74, 6) is -0.110. The summed E-state index contributed by atoms with van der Waals surface area (Å²) in [7, 11) is -3.37. The Kier molecular flexibility index (Phi) is 6.25. The van der Waals surface area contributed by atoms with Gasteiger partial charge in [0.05, 0.1) is 5.75 Å². The van der Waals surface area contributed by atoms with Crippen molar-refractivity contribution in [1.29, 1.82) is 0 Å². The molecule has 19 heavy (non-hydrogen) atoms. The molecule has 0 aliphatic rings. The van der Waals surface area contributed by atoms with Gasteiger partial charge in [-0.15, -0.1) is 0 Å². The number of sulfonamides is 1. The summed E-state index contributed by atoms with van der Waals surface area (Å²) in [4.78, 5) is 0.211. The summed E-state index contributed by atoms with van der Waals surface area (Å²) in [6.45, 7) is 2.38. The largest absolute Gasteiger partial charge is 0.389 e. The summed E-state index contributed by atoms with van der Waals surface area (Å²) in [6, 6.07) is 7.02. The Balaban J connectivity index is 2.81. The van der Waals surface area contributed by atoms with E-state index < -0.39 is 10.0 Å². The lowest BCUT2D eigenvalue weighted by molar-refractivity contribution is 0.580. The molecule has 0 aromatic heterocycles. The van der Waals surface area contributed by atoms with Crippen LogP contribution in [0.5, 0.6) is 0 Å². The molecule has 106 valence electrons. The first kappa shape index (κ1) is 16.4. The molecule has 0 aliphatic carbocycles. The van der Waals surface area contributed by atoms with E-state index in [0.717, 1.165) is 0 Å². The van der Waals surface area contributed by atoms with Crippen LogP contribution in [0.4, 0.5) is 0 Å². The highest BCUT2D eigenvalue weighted by Crippen LogP contribution is 2.12. The van der Waals surface area contributed by atoms with Crippen LogP contribution in [0.1, 0.15) is 18.1 Å². The molecule has 0 spiro atoms. The Morgan fingerprint density at radius 3 is 2.68 bits per heavy atom. The van der Waals surface area contributed by atoms with E-state index in [2.05, 4.69) is 4.72 Å². The molecule has 0 fully saturated rings. The Hall–Kier alpha value is -0.630. The van der Waals surface area contributed by atoms with Gasteiger partial charge in [-0.05, 0) is 11.8 Å². The van der Waals surface area contributed by atoms with Gasteiger partial charge < -0.3 is 5.73 Å². The van der Waals surface area contributed by atoms with E-state index in [-0.39, 0.29) is 16.0 Å². The molecule has 1 atom stereocenters. The first-order chi connectivity index (χ1) is 8.85. The number of nitrogens with two attached hydrogens (primary N) is 1. The van der Waals surface area contributed by atoms with Gasteiger partial charge in [0.25, 0.3) is 0 Å².